The normalized spacial score (nSPS) is 15.3. The molecule has 6 nitrogen and oxygen atoms in total. The van der Waals surface area contributed by atoms with Gasteiger partial charge in [-0.15, -0.1) is 0 Å². The monoisotopic (exact) mass is 392 g/mol. The number of aliphatic hydroxyl groups is 1. The van der Waals surface area contributed by atoms with Gasteiger partial charge in [-0.25, -0.2) is 9.59 Å². The average molecular weight is 392 g/mol. The van der Waals surface area contributed by atoms with Crippen molar-refractivity contribution in [3.63, 3.8) is 0 Å². The van der Waals surface area contributed by atoms with Crippen molar-refractivity contribution in [2.75, 3.05) is 6.61 Å². The fraction of sp³-hybridized carbons (Fsp3) is 0.591. The summed E-state index contributed by atoms with van der Waals surface area (Å²) in [5, 5.41) is 10.8. The largest absolute Gasteiger partial charge is 0.463 e. The predicted octanol–water partition coefficient (Wildman–Crippen LogP) is 3.32. The Morgan fingerprint density at radius 1 is 1.04 bits per heavy atom. The van der Waals surface area contributed by atoms with Crippen molar-refractivity contribution >= 4 is 18.2 Å². The van der Waals surface area contributed by atoms with Gasteiger partial charge in [0, 0.05) is 11.1 Å². The van der Waals surface area contributed by atoms with Gasteiger partial charge in [0.25, 0.3) is 5.60 Å². The first-order chi connectivity index (χ1) is 12.7. The maximum absolute atomic E-state index is 13.0. The summed E-state index contributed by atoms with van der Waals surface area (Å²) in [6.45, 7) is 14.6. The Bertz CT molecular complexity index is 706. The first-order valence-electron chi connectivity index (χ1n) is 9.42. The lowest BCUT2D eigenvalue weighted by Gasteiger charge is -2.31. The number of carbonyl (C=O) groups is 3. The molecule has 0 spiro atoms. The third-order valence-corrected chi connectivity index (χ3v) is 4.59. The standard InChI is InChI=1S/C22H32O6/c1-9-27-18(24)22(26,14(2)13-23)19(25)28-17-15(20(3,4)5)11-10-12-16(17)21(6,7)8/h10-14,26H,9H2,1-8H3/t14-,22-/m0/s1. The molecule has 0 radical (unpaired) electrons. The van der Waals surface area contributed by atoms with Crippen molar-refractivity contribution in [2.24, 2.45) is 5.92 Å². The number of aldehydes is 1. The van der Waals surface area contributed by atoms with Gasteiger partial charge < -0.3 is 19.4 Å². The Labute approximate surface area is 167 Å². The van der Waals surface area contributed by atoms with Crippen LogP contribution in [-0.4, -0.2) is 35.5 Å². The number of ether oxygens (including phenoxy) is 2. The lowest BCUT2D eigenvalue weighted by atomic mass is 9.79. The summed E-state index contributed by atoms with van der Waals surface area (Å²) >= 11 is 0. The first-order valence-corrected chi connectivity index (χ1v) is 9.42. The van der Waals surface area contributed by atoms with E-state index >= 15 is 0 Å². The van der Waals surface area contributed by atoms with Crippen molar-refractivity contribution in [1.82, 2.24) is 0 Å². The molecule has 0 unspecified atom stereocenters. The zero-order valence-corrected chi connectivity index (χ0v) is 18.1. The van der Waals surface area contributed by atoms with Gasteiger partial charge in [0.05, 0.1) is 12.5 Å². The molecule has 1 rings (SSSR count). The van der Waals surface area contributed by atoms with Gasteiger partial charge in [-0.3, -0.25) is 0 Å². The second-order valence-electron chi connectivity index (χ2n) is 8.98. The second-order valence-corrected chi connectivity index (χ2v) is 8.98. The second kappa shape index (κ2) is 8.43. The van der Waals surface area contributed by atoms with Crippen molar-refractivity contribution in [3.05, 3.63) is 29.3 Å². The third kappa shape index (κ3) is 4.79. The van der Waals surface area contributed by atoms with Gasteiger partial charge in [0.2, 0.25) is 0 Å². The summed E-state index contributed by atoms with van der Waals surface area (Å²) in [5.41, 5.74) is -1.96. The summed E-state index contributed by atoms with van der Waals surface area (Å²) in [6, 6.07) is 5.55. The van der Waals surface area contributed by atoms with Gasteiger partial charge in [-0.05, 0) is 17.8 Å². The summed E-state index contributed by atoms with van der Waals surface area (Å²) < 4.78 is 10.5. The molecule has 0 amide bonds. The van der Waals surface area contributed by atoms with E-state index < -0.39 is 23.5 Å². The van der Waals surface area contributed by atoms with E-state index in [1.807, 2.05) is 59.7 Å². The first kappa shape index (κ1) is 23.8. The molecule has 1 aromatic rings. The van der Waals surface area contributed by atoms with Crippen LogP contribution in [0.1, 0.15) is 66.5 Å². The number of para-hydroxylation sites is 1. The SMILES string of the molecule is CCOC(=O)[C@](O)(C(=O)Oc1c(C(C)(C)C)cccc1C(C)(C)C)[C@@H](C)C=O. The molecule has 0 saturated carbocycles. The van der Waals surface area contributed by atoms with Gasteiger partial charge in [0.15, 0.2) is 0 Å². The van der Waals surface area contributed by atoms with Crippen LogP contribution in [0.25, 0.3) is 0 Å². The van der Waals surface area contributed by atoms with Gasteiger partial charge in [0.1, 0.15) is 12.0 Å². The summed E-state index contributed by atoms with van der Waals surface area (Å²) in [5.74, 6) is -3.48. The van der Waals surface area contributed by atoms with E-state index in [-0.39, 0.29) is 23.2 Å². The minimum atomic E-state index is -2.72. The van der Waals surface area contributed by atoms with Gasteiger partial charge >= 0.3 is 11.9 Å². The molecule has 0 bridgehead atoms. The fourth-order valence-corrected chi connectivity index (χ4v) is 2.79. The Hall–Kier alpha value is -2.21. The number of esters is 2. The molecule has 0 aliphatic carbocycles. The molecule has 0 aromatic heterocycles. The highest BCUT2D eigenvalue weighted by molar-refractivity contribution is 6.06. The van der Waals surface area contributed by atoms with Crippen molar-refractivity contribution < 1.29 is 29.0 Å². The Balaban J connectivity index is 3.58. The molecule has 28 heavy (non-hydrogen) atoms. The highest BCUT2D eigenvalue weighted by Gasteiger charge is 2.53. The van der Waals surface area contributed by atoms with E-state index in [1.54, 1.807) is 6.92 Å². The Morgan fingerprint density at radius 2 is 1.50 bits per heavy atom. The van der Waals surface area contributed by atoms with E-state index in [1.165, 1.54) is 6.92 Å². The average Bonchev–Trinajstić information content (AvgIpc) is 2.58. The number of hydrogen-bond donors (Lipinski definition) is 1. The van der Waals surface area contributed by atoms with Gasteiger partial charge in [-0.1, -0.05) is 66.7 Å². The minimum Gasteiger partial charge on any atom is -0.463 e. The van der Waals surface area contributed by atoms with Gasteiger partial charge in [-0.2, -0.15) is 0 Å². The lowest BCUT2D eigenvalue weighted by molar-refractivity contribution is -0.184. The minimum absolute atomic E-state index is 0.0498. The van der Waals surface area contributed by atoms with Crippen molar-refractivity contribution in [1.29, 1.82) is 0 Å². The molecule has 1 N–H and O–H groups in total. The number of carbonyl (C=O) groups excluding carboxylic acids is 3. The van der Waals surface area contributed by atoms with E-state index in [2.05, 4.69) is 0 Å². The molecule has 0 saturated heterocycles. The Kier molecular flexibility index (Phi) is 7.18. The molecule has 1 aromatic carbocycles. The predicted molar refractivity (Wildman–Crippen MR) is 106 cm³/mol. The van der Waals surface area contributed by atoms with E-state index in [4.69, 9.17) is 9.47 Å². The van der Waals surface area contributed by atoms with E-state index in [9.17, 15) is 19.5 Å². The number of hydrogen-bond acceptors (Lipinski definition) is 6. The lowest BCUT2D eigenvalue weighted by Crippen LogP contribution is -2.55. The van der Waals surface area contributed by atoms with Crippen LogP contribution in [0.5, 0.6) is 5.75 Å². The molecule has 0 aliphatic rings. The summed E-state index contributed by atoms with van der Waals surface area (Å²) in [6.07, 6.45) is 0.332. The van der Waals surface area contributed by atoms with Crippen molar-refractivity contribution in [3.8, 4) is 5.75 Å². The maximum Gasteiger partial charge on any atom is 0.356 e. The highest BCUT2D eigenvalue weighted by atomic mass is 16.6. The number of benzene rings is 1. The molecule has 156 valence electrons. The topological polar surface area (TPSA) is 89.9 Å². The summed E-state index contributed by atoms with van der Waals surface area (Å²) in [4.78, 5) is 36.6. The molecular weight excluding hydrogens is 360 g/mol. The van der Waals surface area contributed by atoms with Crippen LogP contribution in [0.4, 0.5) is 0 Å². The Morgan fingerprint density at radius 3 is 1.86 bits per heavy atom. The number of rotatable bonds is 6. The van der Waals surface area contributed by atoms with Crippen LogP contribution in [0.15, 0.2) is 18.2 Å². The van der Waals surface area contributed by atoms with Crippen molar-refractivity contribution in [2.45, 2.75) is 71.8 Å². The van der Waals surface area contributed by atoms with E-state index in [0.717, 1.165) is 11.1 Å². The van der Waals surface area contributed by atoms with Crippen LogP contribution < -0.4 is 4.74 Å². The van der Waals surface area contributed by atoms with Crippen LogP contribution in [0, 0.1) is 5.92 Å². The zero-order valence-electron chi connectivity index (χ0n) is 18.1. The third-order valence-electron chi connectivity index (χ3n) is 4.59. The fourth-order valence-electron chi connectivity index (χ4n) is 2.79. The maximum atomic E-state index is 13.0. The zero-order chi connectivity index (χ0) is 21.9. The molecule has 6 heteroatoms. The molecule has 0 aliphatic heterocycles. The smallest absolute Gasteiger partial charge is 0.356 e. The highest BCUT2D eigenvalue weighted by Crippen LogP contribution is 2.40. The quantitative estimate of drug-likeness (QED) is 0.346. The molecule has 2 atom stereocenters. The molecular formula is C22H32O6. The molecule has 0 fully saturated rings. The van der Waals surface area contributed by atoms with Crippen LogP contribution in [-0.2, 0) is 30.0 Å². The van der Waals surface area contributed by atoms with Crippen LogP contribution in [0.2, 0.25) is 0 Å². The van der Waals surface area contributed by atoms with E-state index in [0.29, 0.717) is 6.29 Å². The summed E-state index contributed by atoms with van der Waals surface area (Å²) in [7, 11) is 0. The van der Waals surface area contributed by atoms with Crippen LogP contribution >= 0.6 is 0 Å². The molecule has 0 heterocycles. The van der Waals surface area contributed by atoms with Crippen LogP contribution in [0.3, 0.4) is 0 Å².